The summed E-state index contributed by atoms with van der Waals surface area (Å²) < 4.78 is 9.89. The van der Waals surface area contributed by atoms with Crippen LogP contribution in [0.25, 0.3) is 0 Å². The molecule has 1 fully saturated rings. The number of amides is 1. The maximum absolute atomic E-state index is 12.2. The number of carboxylic acids is 1. The Morgan fingerprint density at radius 1 is 1.14 bits per heavy atom. The van der Waals surface area contributed by atoms with Gasteiger partial charge in [0.2, 0.25) is 5.91 Å². The standard InChI is InChI=1S/C14H21NO7/c1-7(21-8(2)16)12(14(19)20)15-13(18)10-5-4-6-11(10)22-9(3)17/h7,10-12H,4-6H2,1-3H3,(H,15,18)(H,19,20)/t7-,10+,11-,12+/m1/s1. The minimum Gasteiger partial charge on any atom is -0.480 e. The normalized spacial score (nSPS) is 23.2. The van der Waals surface area contributed by atoms with E-state index in [1.54, 1.807) is 0 Å². The molecule has 0 bridgehead atoms. The van der Waals surface area contributed by atoms with Gasteiger partial charge < -0.3 is 19.9 Å². The lowest BCUT2D eigenvalue weighted by atomic mass is 10.0. The number of rotatable bonds is 6. The SMILES string of the molecule is CC(=O)O[C@H](C)[C@H](NC(=O)[C@H]1CCC[C@H]1OC(C)=O)C(=O)O. The number of ether oxygens (including phenoxy) is 2. The smallest absolute Gasteiger partial charge is 0.330 e. The average molecular weight is 315 g/mol. The van der Waals surface area contributed by atoms with Gasteiger partial charge >= 0.3 is 17.9 Å². The molecule has 8 nitrogen and oxygen atoms in total. The summed E-state index contributed by atoms with van der Waals surface area (Å²) in [6.45, 7) is 3.81. The van der Waals surface area contributed by atoms with Gasteiger partial charge in [0.1, 0.15) is 12.2 Å². The van der Waals surface area contributed by atoms with Crippen molar-refractivity contribution in [3.63, 3.8) is 0 Å². The van der Waals surface area contributed by atoms with Crippen molar-refractivity contribution in [2.24, 2.45) is 5.92 Å². The lowest BCUT2D eigenvalue weighted by molar-refractivity contribution is -0.157. The Hall–Kier alpha value is -2.12. The number of nitrogens with one attached hydrogen (secondary N) is 1. The van der Waals surface area contributed by atoms with Gasteiger partial charge in [-0.25, -0.2) is 4.79 Å². The fourth-order valence-electron chi connectivity index (χ4n) is 2.55. The second kappa shape index (κ2) is 7.77. The average Bonchev–Trinajstić information content (AvgIpc) is 2.81. The first-order valence-corrected chi connectivity index (χ1v) is 7.10. The predicted molar refractivity (Wildman–Crippen MR) is 73.7 cm³/mol. The van der Waals surface area contributed by atoms with E-state index in [9.17, 15) is 19.2 Å². The molecule has 2 N–H and O–H groups in total. The Morgan fingerprint density at radius 2 is 1.77 bits per heavy atom. The number of aliphatic carboxylic acids is 1. The molecule has 1 aliphatic carbocycles. The van der Waals surface area contributed by atoms with Crippen LogP contribution < -0.4 is 5.32 Å². The molecule has 0 heterocycles. The second-order valence-corrected chi connectivity index (χ2v) is 5.32. The highest BCUT2D eigenvalue weighted by Gasteiger charge is 2.38. The van der Waals surface area contributed by atoms with Crippen molar-refractivity contribution >= 4 is 23.8 Å². The lowest BCUT2D eigenvalue weighted by Gasteiger charge is -2.24. The number of carboxylic acid groups (broad SMARTS) is 1. The van der Waals surface area contributed by atoms with Crippen molar-refractivity contribution in [3.8, 4) is 0 Å². The molecule has 124 valence electrons. The highest BCUT2D eigenvalue weighted by atomic mass is 16.5. The minimum atomic E-state index is -1.35. The largest absolute Gasteiger partial charge is 0.480 e. The molecule has 0 aromatic heterocycles. The van der Waals surface area contributed by atoms with Gasteiger partial charge in [-0.05, 0) is 26.2 Å². The van der Waals surface area contributed by atoms with E-state index >= 15 is 0 Å². The quantitative estimate of drug-likeness (QED) is 0.674. The molecule has 22 heavy (non-hydrogen) atoms. The molecule has 4 atom stereocenters. The summed E-state index contributed by atoms with van der Waals surface area (Å²) >= 11 is 0. The highest BCUT2D eigenvalue weighted by molar-refractivity contribution is 5.86. The van der Waals surface area contributed by atoms with E-state index in [-0.39, 0.29) is 0 Å². The predicted octanol–water partition coefficient (Wildman–Crippen LogP) is 0.239. The molecule has 0 radical (unpaired) electrons. The Bertz CT molecular complexity index is 462. The minimum absolute atomic E-state index is 0.479. The number of carbonyl (C=O) groups is 4. The van der Waals surface area contributed by atoms with E-state index in [2.05, 4.69) is 5.32 Å². The van der Waals surface area contributed by atoms with Gasteiger partial charge in [0.15, 0.2) is 6.04 Å². The zero-order chi connectivity index (χ0) is 16.9. The highest BCUT2D eigenvalue weighted by Crippen LogP contribution is 2.28. The molecule has 0 spiro atoms. The van der Waals surface area contributed by atoms with Gasteiger partial charge in [0, 0.05) is 13.8 Å². The van der Waals surface area contributed by atoms with Crippen LogP contribution in [0.4, 0.5) is 0 Å². The van der Waals surface area contributed by atoms with E-state index < -0.39 is 48.0 Å². The van der Waals surface area contributed by atoms with E-state index in [4.69, 9.17) is 14.6 Å². The molecule has 0 aromatic carbocycles. The van der Waals surface area contributed by atoms with Crippen LogP contribution in [0.1, 0.15) is 40.0 Å². The van der Waals surface area contributed by atoms with Gasteiger partial charge in [-0.3, -0.25) is 14.4 Å². The van der Waals surface area contributed by atoms with Crippen molar-refractivity contribution in [2.75, 3.05) is 0 Å². The molecule has 1 saturated carbocycles. The first kappa shape index (κ1) is 17.9. The van der Waals surface area contributed by atoms with Gasteiger partial charge in [0.05, 0.1) is 5.92 Å². The van der Waals surface area contributed by atoms with E-state index in [0.717, 1.165) is 6.92 Å². The lowest BCUT2D eigenvalue weighted by Crippen LogP contribution is -2.51. The zero-order valence-electron chi connectivity index (χ0n) is 12.8. The van der Waals surface area contributed by atoms with Crippen LogP contribution >= 0.6 is 0 Å². The van der Waals surface area contributed by atoms with E-state index in [1.807, 2.05) is 0 Å². The van der Waals surface area contributed by atoms with Crippen molar-refractivity contribution in [2.45, 2.75) is 58.3 Å². The topological polar surface area (TPSA) is 119 Å². The zero-order valence-corrected chi connectivity index (χ0v) is 12.8. The fourth-order valence-corrected chi connectivity index (χ4v) is 2.55. The summed E-state index contributed by atoms with van der Waals surface area (Å²) in [5.41, 5.74) is 0. The Kier molecular flexibility index (Phi) is 6.33. The second-order valence-electron chi connectivity index (χ2n) is 5.32. The van der Waals surface area contributed by atoms with Crippen LogP contribution in [0.15, 0.2) is 0 Å². The summed E-state index contributed by atoms with van der Waals surface area (Å²) in [4.78, 5) is 45.4. The van der Waals surface area contributed by atoms with Crippen molar-refractivity contribution in [3.05, 3.63) is 0 Å². The molecule has 0 aromatic rings. The maximum Gasteiger partial charge on any atom is 0.330 e. The summed E-state index contributed by atoms with van der Waals surface area (Å²) in [7, 11) is 0. The Labute approximate surface area is 128 Å². The molecule has 0 saturated heterocycles. The van der Waals surface area contributed by atoms with Crippen LogP contribution in [0.3, 0.4) is 0 Å². The third-order valence-electron chi connectivity index (χ3n) is 3.49. The van der Waals surface area contributed by atoms with Crippen molar-refractivity contribution < 1.29 is 33.8 Å². The molecular formula is C14H21NO7. The van der Waals surface area contributed by atoms with Crippen molar-refractivity contribution in [1.82, 2.24) is 5.32 Å². The summed E-state index contributed by atoms with van der Waals surface area (Å²) in [5.74, 6) is -3.52. The van der Waals surface area contributed by atoms with Crippen LogP contribution in [-0.4, -0.2) is 47.2 Å². The molecule has 1 rings (SSSR count). The number of hydrogen-bond acceptors (Lipinski definition) is 6. The van der Waals surface area contributed by atoms with Crippen LogP contribution in [0.5, 0.6) is 0 Å². The van der Waals surface area contributed by atoms with Gasteiger partial charge in [-0.1, -0.05) is 0 Å². The molecule has 1 aliphatic rings. The van der Waals surface area contributed by atoms with Crippen LogP contribution in [-0.2, 0) is 28.7 Å². The molecular weight excluding hydrogens is 294 g/mol. The first-order chi connectivity index (χ1) is 10.2. The molecule has 1 amide bonds. The fraction of sp³-hybridized carbons (Fsp3) is 0.714. The van der Waals surface area contributed by atoms with Crippen LogP contribution in [0, 0.1) is 5.92 Å². The third kappa shape index (κ3) is 5.01. The monoisotopic (exact) mass is 315 g/mol. The number of hydrogen-bond donors (Lipinski definition) is 2. The Balaban J connectivity index is 2.72. The molecule has 0 aliphatic heterocycles. The summed E-state index contributed by atoms with van der Waals surface area (Å²) in [6.07, 6.45) is 0.240. The van der Waals surface area contributed by atoms with Gasteiger partial charge in [0.25, 0.3) is 0 Å². The van der Waals surface area contributed by atoms with Crippen molar-refractivity contribution in [1.29, 1.82) is 0 Å². The van der Waals surface area contributed by atoms with Crippen LogP contribution in [0.2, 0.25) is 0 Å². The third-order valence-corrected chi connectivity index (χ3v) is 3.49. The van der Waals surface area contributed by atoms with Gasteiger partial charge in [-0.2, -0.15) is 0 Å². The van der Waals surface area contributed by atoms with E-state index in [1.165, 1.54) is 13.8 Å². The number of carbonyl (C=O) groups excluding carboxylic acids is 3. The number of esters is 2. The molecule has 8 heteroatoms. The van der Waals surface area contributed by atoms with E-state index in [0.29, 0.717) is 19.3 Å². The summed E-state index contributed by atoms with van der Waals surface area (Å²) in [6, 6.07) is -1.35. The van der Waals surface area contributed by atoms with Gasteiger partial charge in [-0.15, -0.1) is 0 Å². The Morgan fingerprint density at radius 3 is 2.27 bits per heavy atom. The summed E-state index contributed by atoms with van der Waals surface area (Å²) in [5, 5.41) is 11.5. The maximum atomic E-state index is 12.2. The first-order valence-electron chi connectivity index (χ1n) is 7.10. The molecule has 0 unspecified atom stereocenters.